The zero-order valence-corrected chi connectivity index (χ0v) is 18.6. The van der Waals surface area contributed by atoms with Crippen molar-refractivity contribution in [1.29, 1.82) is 0 Å². The van der Waals surface area contributed by atoms with Crippen molar-refractivity contribution in [1.82, 2.24) is 9.80 Å². The summed E-state index contributed by atoms with van der Waals surface area (Å²) in [5.41, 5.74) is 3.01. The second kappa shape index (κ2) is 7.78. The lowest BCUT2D eigenvalue weighted by Crippen LogP contribution is -2.56. The first-order chi connectivity index (χ1) is 14.2. The molecule has 4 rings (SSSR count). The summed E-state index contributed by atoms with van der Waals surface area (Å²) >= 11 is 0. The highest BCUT2D eigenvalue weighted by molar-refractivity contribution is 6.04. The van der Waals surface area contributed by atoms with Gasteiger partial charge in [-0.05, 0) is 43.5 Å². The lowest BCUT2D eigenvalue weighted by Gasteiger charge is -2.42. The standard InChI is InChI=1S/C25H31N3O2/c1-17-10-11-21-19(14-17)24(26-20-8-6-7-9-22(20)30-21)27-12-13-28(18(2)16-27)23(29)15-25(3,4)5/h6-11,14,18H,12-13,15-16H2,1-5H3. The first-order valence-corrected chi connectivity index (χ1v) is 10.7. The van der Waals surface area contributed by atoms with Gasteiger partial charge in [-0.25, -0.2) is 4.99 Å². The lowest BCUT2D eigenvalue weighted by atomic mass is 9.91. The Morgan fingerprint density at radius 3 is 2.63 bits per heavy atom. The Hall–Kier alpha value is -2.82. The number of nitrogens with zero attached hydrogens (tertiary/aromatic N) is 3. The molecule has 0 saturated carbocycles. The third-order valence-corrected chi connectivity index (χ3v) is 5.62. The van der Waals surface area contributed by atoms with E-state index in [9.17, 15) is 4.79 Å². The molecule has 1 atom stereocenters. The van der Waals surface area contributed by atoms with Gasteiger partial charge in [-0.15, -0.1) is 0 Å². The average Bonchev–Trinajstić information content (AvgIpc) is 2.83. The number of amidine groups is 1. The molecule has 0 aromatic heterocycles. The minimum absolute atomic E-state index is 0.00315. The highest BCUT2D eigenvalue weighted by Gasteiger charge is 2.32. The molecule has 1 fully saturated rings. The first kappa shape index (κ1) is 20.5. The molecule has 30 heavy (non-hydrogen) atoms. The smallest absolute Gasteiger partial charge is 0.223 e. The van der Waals surface area contributed by atoms with E-state index < -0.39 is 0 Å². The SMILES string of the molecule is Cc1ccc2c(c1)C(N1CCN(C(=O)CC(C)(C)C)C(C)C1)=Nc1ccccc1O2. The molecule has 158 valence electrons. The monoisotopic (exact) mass is 405 g/mol. The number of ether oxygens (including phenoxy) is 1. The Morgan fingerprint density at radius 2 is 1.90 bits per heavy atom. The van der Waals surface area contributed by atoms with Crippen LogP contribution in [0, 0.1) is 12.3 Å². The predicted molar refractivity (Wildman–Crippen MR) is 121 cm³/mol. The van der Waals surface area contributed by atoms with E-state index in [1.54, 1.807) is 0 Å². The van der Waals surface area contributed by atoms with Gasteiger partial charge in [-0.1, -0.05) is 44.5 Å². The van der Waals surface area contributed by atoms with E-state index in [1.165, 1.54) is 5.56 Å². The van der Waals surface area contributed by atoms with E-state index in [1.807, 2.05) is 35.2 Å². The number of carbonyl (C=O) groups is 1. The van der Waals surface area contributed by atoms with Gasteiger partial charge in [0, 0.05) is 32.1 Å². The van der Waals surface area contributed by atoms with Crippen molar-refractivity contribution in [3.8, 4) is 11.5 Å². The molecule has 2 heterocycles. The molecule has 2 aliphatic rings. The van der Waals surface area contributed by atoms with E-state index in [0.29, 0.717) is 13.0 Å². The molecule has 5 heteroatoms. The van der Waals surface area contributed by atoms with Crippen molar-refractivity contribution < 1.29 is 9.53 Å². The van der Waals surface area contributed by atoms with E-state index >= 15 is 0 Å². The van der Waals surface area contributed by atoms with Gasteiger partial charge in [0.15, 0.2) is 5.75 Å². The van der Waals surface area contributed by atoms with Crippen molar-refractivity contribution in [2.24, 2.45) is 10.4 Å². The second-order valence-corrected chi connectivity index (χ2v) is 9.62. The molecule has 2 aromatic carbocycles. The molecule has 1 saturated heterocycles. The molecule has 2 aliphatic heterocycles. The third kappa shape index (κ3) is 4.20. The van der Waals surface area contributed by atoms with Crippen LogP contribution in [0.25, 0.3) is 0 Å². The molecule has 0 radical (unpaired) electrons. The minimum atomic E-state index is -0.00315. The number of hydrogen-bond donors (Lipinski definition) is 0. The Bertz CT molecular complexity index is 990. The molecular formula is C25H31N3O2. The molecule has 0 spiro atoms. The fraction of sp³-hybridized carbons (Fsp3) is 0.440. The van der Waals surface area contributed by atoms with Gasteiger partial charge >= 0.3 is 0 Å². The minimum Gasteiger partial charge on any atom is -0.454 e. The number of aliphatic imine (C=N–C) groups is 1. The number of benzene rings is 2. The second-order valence-electron chi connectivity index (χ2n) is 9.62. The molecule has 5 nitrogen and oxygen atoms in total. The van der Waals surface area contributed by atoms with Crippen molar-refractivity contribution in [2.75, 3.05) is 19.6 Å². The Kier molecular flexibility index (Phi) is 5.31. The number of hydrogen-bond acceptors (Lipinski definition) is 4. The van der Waals surface area contributed by atoms with Gasteiger partial charge in [0.05, 0.1) is 5.56 Å². The molecule has 0 bridgehead atoms. The number of aryl methyl sites for hydroxylation is 1. The van der Waals surface area contributed by atoms with Gasteiger partial charge in [-0.2, -0.15) is 0 Å². The van der Waals surface area contributed by atoms with Crippen LogP contribution in [0.15, 0.2) is 47.5 Å². The maximum Gasteiger partial charge on any atom is 0.223 e. The predicted octanol–water partition coefficient (Wildman–Crippen LogP) is 5.15. The van der Waals surface area contributed by atoms with Crippen LogP contribution in [0.1, 0.15) is 45.2 Å². The largest absolute Gasteiger partial charge is 0.454 e. The normalized spacial score (nSPS) is 18.7. The summed E-state index contributed by atoms with van der Waals surface area (Å²) in [4.78, 5) is 22.2. The summed E-state index contributed by atoms with van der Waals surface area (Å²) in [6.07, 6.45) is 0.571. The zero-order valence-electron chi connectivity index (χ0n) is 18.6. The van der Waals surface area contributed by atoms with Gasteiger partial charge in [0.1, 0.15) is 17.3 Å². The number of carbonyl (C=O) groups excluding carboxylic acids is 1. The molecule has 0 N–H and O–H groups in total. The molecule has 2 aromatic rings. The Balaban J connectivity index is 1.64. The number of para-hydroxylation sites is 2. The van der Waals surface area contributed by atoms with Gasteiger partial charge in [-0.3, -0.25) is 4.79 Å². The van der Waals surface area contributed by atoms with Crippen LogP contribution < -0.4 is 4.74 Å². The maximum absolute atomic E-state index is 12.8. The van der Waals surface area contributed by atoms with Gasteiger partial charge < -0.3 is 14.5 Å². The number of amides is 1. The molecule has 1 unspecified atom stereocenters. The van der Waals surface area contributed by atoms with E-state index in [0.717, 1.165) is 41.7 Å². The van der Waals surface area contributed by atoms with Gasteiger partial charge in [0.2, 0.25) is 5.91 Å². The van der Waals surface area contributed by atoms with E-state index in [4.69, 9.17) is 9.73 Å². The zero-order chi connectivity index (χ0) is 21.5. The molecule has 0 aliphatic carbocycles. The Morgan fingerprint density at radius 1 is 1.13 bits per heavy atom. The highest BCUT2D eigenvalue weighted by atomic mass is 16.5. The maximum atomic E-state index is 12.8. The summed E-state index contributed by atoms with van der Waals surface area (Å²) in [7, 11) is 0. The first-order valence-electron chi connectivity index (χ1n) is 10.7. The van der Waals surface area contributed by atoms with Crippen LogP contribution in [0.2, 0.25) is 0 Å². The summed E-state index contributed by atoms with van der Waals surface area (Å²) in [5.74, 6) is 2.75. The number of fused-ring (bicyclic) bond motifs is 2. The van der Waals surface area contributed by atoms with E-state index in [-0.39, 0.29) is 17.4 Å². The fourth-order valence-corrected chi connectivity index (χ4v) is 4.15. The summed E-state index contributed by atoms with van der Waals surface area (Å²) in [5, 5.41) is 0. The van der Waals surface area contributed by atoms with Crippen molar-refractivity contribution in [3.05, 3.63) is 53.6 Å². The number of piperazine rings is 1. The summed E-state index contributed by atoms with van der Waals surface area (Å²) in [6.45, 7) is 12.8. The quantitative estimate of drug-likeness (QED) is 0.659. The lowest BCUT2D eigenvalue weighted by molar-refractivity contribution is -0.136. The summed E-state index contributed by atoms with van der Waals surface area (Å²) in [6, 6.07) is 14.2. The van der Waals surface area contributed by atoms with Crippen LogP contribution in [0.3, 0.4) is 0 Å². The third-order valence-electron chi connectivity index (χ3n) is 5.62. The van der Waals surface area contributed by atoms with E-state index in [2.05, 4.69) is 51.7 Å². The molecular weight excluding hydrogens is 374 g/mol. The summed E-state index contributed by atoms with van der Waals surface area (Å²) < 4.78 is 6.21. The van der Waals surface area contributed by atoms with Crippen LogP contribution in [-0.2, 0) is 4.79 Å². The van der Waals surface area contributed by atoms with Crippen LogP contribution >= 0.6 is 0 Å². The highest BCUT2D eigenvalue weighted by Crippen LogP contribution is 2.38. The van der Waals surface area contributed by atoms with Crippen LogP contribution in [0.5, 0.6) is 11.5 Å². The average molecular weight is 406 g/mol. The van der Waals surface area contributed by atoms with Gasteiger partial charge in [0.25, 0.3) is 0 Å². The van der Waals surface area contributed by atoms with Crippen LogP contribution in [-0.4, -0.2) is 47.2 Å². The van der Waals surface area contributed by atoms with Crippen molar-refractivity contribution in [3.63, 3.8) is 0 Å². The van der Waals surface area contributed by atoms with Crippen molar-refractivity contribution >= 4 is 17.4 Å². The van der Waals surface area contributed by atoms with Crippen LogP contribution in [0.4, 0.5) is 5.69 Å². The van der Waals surface area contributed by atoms with Crippen molar-refractivity contribution in [2.45, 2.75) is 47.1 Å². The Labute approximate surface area is 179 Å². The fourth-order valence-electron chi connectivity index (χ4n) is 4.15. The topological polar surface area (TPSA) is 45.1 Å². The molecule has 1 amide bonds. The number of rotatable bonds is 1.